The quantitative estimate of drug-likeness (QED) is 0.815. The van der Waals surface area contributed by atoms with Crippen LogP contribution in [0.5, 0.6) is 0 Å². The molecule has 0 radical (unpaired) electrons. The van der Waals surface area contributed by atoms with E-state index in [9.17, 15) is 0 Å². The SMILES string of the molecule is CC(CSC1CCCCC1)N1CCNCC1. The Bertz CT molecular complexity index is 186. The maximum Gasteiger partial charge on any atom is 0.0159 e. The van der Waals surface area contributed by atoms with Crippen molar-refractivity contribution in [2.75, 3.05) is 31.9 Å². The van der Waals surface area contributed by atoms with Crippen LogP contribution in [0.25, 0.3) is 0 Å². The molecule has 94 valence electrons. The molecule has 2 rings (SSSR count). The lowest BCUT2D eigenvalue weighted by molar-refractivity contribution is 0.198. The molecule has 0 bridgehead atoms. The Kier molecular flexibility index (Phi) is 5.46. The van der Waals surface area contributed by atoms with Gasteiger partial charge in [0.15, 0.2) is 0 Å². The Labute approximate surface area is 105 Å². The summed E-state index contributed by atoms with van der Waals surface area (Å²) < 4.78 is 0. The van der Waals surface area contributed by atoms with Crippen LogP contribution >= 0.6 is 11.8 Å². The first kappa shape index (κ1) is 12.7. The highest BCUT2D eigenvalue weighted by Crippen LogP contribution is 2.29. The summed E-state index contributed by atoms with van der Waals surface area (Å²) in [5.41, 5.74) is 0. The second-order valence-electron chi connectivity index (χ2n) is 5.23. The Hall–Kier alpha value is 0.270. The minimum Gasteiger partial charge on any atom is -0.314 e. The summed E-state index contributed by atoms with van der Waals surface area (Å²) in [5.74, 6) is 1.34. The molecule has 16 heavy (non-hydrogen) atoms. The summed E-state index contributed by atoms with van der Waals surface area (Å²) in [4.78, 5) is 2.65. The number of hydrogen-bond donors (Lipinski definition) is 1. The largest absolute Gasteiger partial charge is 0.314 e. The fourth-order valence-electron chi connectivity index (χ4n) is 2.74. The van der Waals surface area contributed by atoms with Gasteiger partial charge < -0.3 is 5.32 Å². The monoisotopic (exact) mass is 242 g/mol. The molecule has 0 aromatic carbocycles. The fourth-order valence-corrected chi connectivity index (χ4v) is 4.16. The molecule has 1 heterocycles. The molecule has 1 aliphatic heterocycles. The number of thioether (sulfide) groups is 1. The molecule has 1 atom stereocenters. The molecule has 0 amide bonds. The minimum absolute atomic E-state index is 0.772. The van der Waals surface area contributed by atoms with E-state index in [1.54, 1.807) is 0 Å². The van der Waals surface area contributed by atoms with Gasteiger partial charge in [-0.1, -0.05) is 19.3 Å². The number of nitrogens with one attached hydrogen (secondary N) is 1. The van der Waals surface area contributed by atoms with Crippen molar-refractivity contribution < 1.29 is 0 Å². The van der Waals surface area contributed by atoms with E-state index in [1.807, 2.05) is 0 Å². The Morgan fingerprint density at radius 3 is 2.56 bits per heavy atom. The van der Waals surface area contributed by atoms with Crippen molar-refractivity contribution in [3.05, 3.63) is 0 Å². The molecule has 0 aromatic heterocycles. The van der Waals surface area contributed by atoms with Crippen LogP contribution in [-0.4, -0.2) is 48.1 Å². The summed E-state index contributed by atoms with van der Waals surface area (Å²) in [6.45, 7) is 7.25. The second-order valence-corrected chi connectivity index (χ2v) is 6.56. The van der Waals surface area contributed by atoms with E-state index >= 15 is 0 Å². The predicted molar refractivity (Wildman–Crippen MR) is 73.2 cm³/mol. The lowest BCUT2D eigenvalue weighted by Crippen LogP contribution is -2.48. The zero-order valence-corrected chi connectivity index (χ0v) is 11.4. The van der Waals surface area contributed by atoms with Crippen LogP contribution in [0.15, 0.2) is 0 Å². The zero-order chi connectivity index (χ0) is 11.2. The van der Waals surface area contributed by atoms with Crippen LogP contribution < -0.4 is 5.32 Å². The molecule has 1 saturated carbocycles. The van der Waals surface area contributed by atoms with E-state index in [4.69, 9.17) is 0 Å². The zero-order valence-electron chi connectivity index (χ0n) is 10.6. The van der Waals surface area contributed by atoms with E-state index < -0.39 is 0 Å². The maximum atomic E-state index is 3.43. The highest BCUT2D eigenvalue weighted by atomic mass is 32.2. The Morgan fingerprint density at radius 1 is 1.19 bits per heavy atom. The van der Waals surface area contributed by atoms with Gasteiger partial charge in [0.1, 0.15) is 0 Å². The van der Waals surface area contributed by atoms with Gasteiger partial charge in [-0.15, -0.1) is 0 Å². The Balaban J connectivity index is 1.63. The molecule has 2 nitrogen and oxygen atoms in total. The van der Waals surface area contributed by atoms with Crippen LogP contribution in [0.2, 0.25) is 0 Å². The summed E-state index contributed by atoms with van der Waals surface area (Å²) in [6.07, 6.45) is 7.36. The highest BCUT2D eigenvalue weighted by molar-refractivity contribution is 7.99. The van der Waals surface area contributed by atoms with Crippen molar-refractivity contribution in [2.24, 2.45) is 0 Å². The third-order valence-electron chi connectivity index (χ3n) is 3.90. The highest BCUT2D eigenvalue weighted by Gasteiger charge is 2.19. The van der Waals surface area contributed by atoms with Crippen LogP contribution in [0, 0.1) is 0 Å². The molecule has 0 aromatic rings. The first-order valence-corrected chi connectivity index (χ1v) is 7.97. The van der Waals surface area contributed by atoms with E-state index in [0.717, 1.165) is 11.3 Å². The molecule has 2 aliphatic rings. The molecule has 2 fully saturated rings. The van der Waals surface area contributed by atoms with Gasteiger partial charge >= 0.3 is 0 Å². The molecular formula is C13H26N2S. The lowest BCUT2D eigenvalue weighted by atomic mass is 10.0. The van der Waals surface area contributed by atoms with Crippen LogP contribution in [0.1, 0.15) is 39.0 Å². The molecule has 1 aliphatic carbocycles. The second kappa shape index (κ2) is 6.87. The number of rotatable bonds is 4. The molecule has 1 unspecified atom stereocenters. The topological polar surface area (TPSA) is 15.3 Å². The van der Waals surface area contributed by atoms with Gasteiger partial charge in [-0.2, -0.15) is 11.8 Å². The fraction of sp³-hybridized carbons (Fsp3) is 1.00. The molecule has 3 heteroatoms. The van der Waals surface area contributed by atoms with E-state index in [1.165, 1.54) is 64.0 Å². The van der Waals surface area contributed by atoms with Gasteiger partial charge in [0.05, 0.1) is 0 Å². The molecule has 1 saturated heterocycles. The van der Waals surface area contributed by atoms with Crippen molar-refractivity contribution >= 4 is 11.8 Å². The van der Waals surface area contributed by atoms with Gasteiger partial charge in [-0.05, 0) is 19.8 Å². The third kappa shape index (κ3) is 3.94. The first-order chi connectivity index (χ1) is 7.86. The Morgan fingerprint density at radius 2 is 1.88 bits per heavy atom. The predicted octanol–water partition coefficient (Wildman–Crippen LogP) is 2.35. The summed E-state index contributed by atoms with van der Waals surface area (Å²) in [6, 6.07) is 0.772. The first-order valence-electron chi connectivity index (χ1n) is 6.92. The summed E-state index contributed by atoms with van der Waals surface area (Å²) in [7, 11) is 0. The molecule has 1 N–H and O–H groups in total. The van der Waals surface area contributed by atoms with Crippen molar-refractivity contribution in [3.63, 3.8) is 0 Å². The van der Waals surface area contributed by atoms with Crippen molar-refractivity contribution in [1.82, 2.24) is 10.2 Å². The normalized spacial score (nSPS) is 26.8. The van der Waals surface area contributed by atoms with E-state index in [-0.39, 0.29) is 0 Å². The van der Waals surface area contributed by atoms with E-state index in [0.29, 0.717) is 0 Å². The molecular weight excluding hydrogens is 216 g/mol. The minimum atomic E-state index is 0.772. The summed E-state index contributed by atoms with van der Waals surface area (Å²) >= 11 is 2.24. The third-order valence-corrected chi connectivity index (χ3v) is 5.52. The van der Waals surface area contributed by atoms with Crippen LogP contribution in [0.4, 0.5) is 0 Å². The number of nitrogens with zero attached hydrogens (tertiary/aromatic N) is 1. The summed E-state index contributed by atoms with van der Waals surface area (Å²) in [5, 5.41) is 4.40. The van der Waals surface area contributed by atoms with E-state index in [2.05, 4.69) is 28.9 Å². The lowest BCUT2D eigenvalue weighted by Gasteiger charge is -2.33. The average Bonchev–Trinajstić information content (AvgIpc) is 2.38. The average molecular weight is 242 g/mol. The van der Waals surface area contributed by atoms with Crippen molar-refractivity contribution in [3.8, 4) is 0 Å². The van der Waals surface area contributed by atoms with Gasteiger partial charge in [0, 0.05) is 43.2 Å². The van der Waals surface area contributed by atoms with Gasteiger partial charge in [0.2, 0.25) is 0 Å². The van der Waals surface area contributed by atoms with Crippen LogP contribution in [0.3, 0.4) is 0 Å². The van der Waals surface area contributed by atoms with Crippen LogP contribution in [-0.2, 0) is 0 Å². The van der Waals surface area contributed by atoms with Crippen molar-refractivity contribution in [1.29, 1.82) is 0 Å². The van der Waals surface area contributed by atoms with Crippen molar-refractivity contribution in [2.45, 2.75) is 50.3 Å². The number of piperazine rings is 1. The van der Waals surface area contributed by atoms with Gasteiger partial charge in [-0.3, -0.25) is 4.90 Å². The maximum absolute atomic E-state index is 3.43. The standard InChI is InChI=1S/C13H26N2S/c1-12(15-9-7-14-8-10-15)11-16-13-5-3-2-4-6-13/h12-14H,2-11H2,1H3. The van der Waals surface area contributed by atoms with Gasteiger partial charge in [0.25, 0.3) is 0 Å². The smallest absolute Gasteiger partial charge is 0.0159 e. The number of hydrogen-bond acceptors (Lipinski definition) is 3. The molecule has 0 spiro atoms. The van der Waals surface area contributed by atoms with Gasteiger partial charge in [-0.25, -0.2) is 0 Å².